The quantitative estimate of drug-likeness (QED) is 0.846. The van der Waals surface area contributed by atoms with E-state index < -0.39 is 0 Å². The van der Waals surface area contributed by atoms with Gasteiger partial charge in [0.1, 0.15) is 0 Å². The summed E-state index contributed by atoms with van der Waals surface area (Å²) in [5.74, 6) is 0.665. The molecular weight excluding hydrogens is 290 g/mol. The van der Waals surface area contributed by atoms with Gasteiger partial charge in [-0.05, 0) is 66.3 Å². The molecule has 0 saturated heterocycles. The second-order valence-corrected chi connectivity index (χ2v) is 7.99. The highest BCUT2D eigenvalue weighted by atomic mass is 14.6. The summed E-state index contributed by atoms with van der Waals surface area (Å²) in [6, 6.07) is 13.8. The van der Waals surface area contributed by atoms with E-state index in [9.17, 15) is 0 Å². The van der Waals surface area contributed by atoms with Crippen LogP contribution >= 0.6 is 0 Å². The van der Waals surface area contributed by atoms with Gasteiger partial charge in [-0.1, -0.05) is 61.0 Å². The van der Waals surface area contributed by atoms with Crippen molar-refractivity contribution in [2.75, 3.05) is 6.54 Å². The molecule has 4 rings (SSSR count). The van der Waals surface area contributed by atoms with Crippen LogP contribution in [0.3, 0.4) is 0 Å². The Balaban J connectivity index is 1.64. The molecule has 0 radical (unpaired) electrons. The topological polar surface area (TPSA) is 26.0 Å². The van der Waals surface area contributed by atoms with E-state index in [0.29, 0.717) is 5.92 Å². The van der Waals surface area contributed by atoms with E-state index >= 15 is 0 Å². The lowest BCUT2D eigenvalue weighted by atomic mass is 9.72. The van der Waals surface area contributed by atoms with E-state index in [0.717, 1.165) is 13.0 Å². The van der Waals surface area contributed by atoms with E-state index in [2.05, 4.69) is 62.4 Å². The van der Waals surface area contributed by atoms with Gasteiger partial charge in [0.25, 0.3) is 0 Å². The maximum absolute atomic E-state index is 5.97. The molecule has 0 spiro atoms. The van der Waals surface area contributed by atoms with Crippen LogP contribution in [0, 0.1) is 12.3 Å². The molecule has 1 heteroatoms. The second-order valence-electron chi connectivity index (χ2n) is 7.99. The molecule has 0 heterocycles. The van der Waals surface area contributed by atoms with Crippen LogP contribution in [0.5, 0.6) is 0 Å². The number of rotatable bonds is 2. The number of hydrogen-bond acceptors (Lipinski definition) is 1. The predicted molar refractivity (Wildman–Crippen MR) is 102 cm³/mol. The third kappa shape index (κ3) is 2.71. The van der Waals surface area contributed by atoms with Gasteiger partial charge in [0.2, 0.25) is 0 Å². The number of benzene rings is 2. The fourth-order valence-corrected chi connectivity index (χ4v) is 4.33. The smallest absolute Gasteiger partial charge is 0.00200 e. The molecule has 124 valence electrons. The van der Waals surface area contributed by atoms with E-state index in [4.69, 9.17) is 5.73 Å². The zero-order valence-corrected chi connectivity index (χ0v) is 14.8. The summed E-state index contributed by atoms with van der Waals surface area (Å²) in [6.45, 7) is 5.14. The average Bonchev–Trinajstić information content (AvgIpc) is 2.61. The number of nitrogens with two attached hydrogens (primary N) is 1. The first kappa shape index (κ1) is 15.7. The Morgan fingerprint density at radius 2 is 1.83 bits per heavy atom. The minimum absolute atomic E-state index is 0.125. The maximum atomic E-state index is 5.97. The Morgan fingerprint density at radius 3 is 2.58 bits per heavy atom. The van der Waals surface area contributed by atoms with E-state index in [-0.39, 0.29) is 5.41 Å². The molecule has 2 aliphatic rings. The van der Waals surface area contributed by atoms with Gasteiger partial charge >= 0.3 is 0 Å². The molecule has 2 unspecified atom stereocenters. The monoisotopic (exact) mass is 317 g/mol. The van der Waals surface area contributed by atoms with Gasteiger partial charge in [0.05, 0.1) is 0 Å². The fourth-order valence-electron chi connectivity index (χ4n) is 4.33. The van der Waals surface area contributed by atoms with Crippen molar-refractivity contribution in [3.05, 3.63) is 75.9 Å². The van der Waals surface area contributed by atoms with Crippen molar-refractivity contribution in [2.24, 2.45) is 11.1 Å². The number of fused-ring (bicyclic) bond motifs is 3. The van der Waals surface area contributed by atoms with E-state index in [1.165, 1.54) is 41.5 Å². The van der Waals surface area contributed by atoms with Crippen molar-refractivity contribution < 1.29 is 0 Å². The Kier molecular flexibility index (Phi) is 3.85. The van der Waals surface area contributed by atoms with E-state index in [1.807, 2.05) is 0 Å². The third-order valence-electron chi connectivity index (χ3n) is 6.02. The van der Waals surface area contributed by atoms with Gasteiger partial charge < -0.3 is 5.73 Å². The minimum Gasteiger partial charge on any atom is -0.330 e. The highest BCUT2D eigenvalue weighted by Crippen LogP contribution is 2.39. The molecule has 2 aromatic carbocycles. The molecule has 0 saturated carbocycles. The molecule has 0 fully saturated rings. The molecule has 2 atom stereocenters. The zero-order chi connectivity index (χ0) is 16.7. The molecule has 2 aliphatic carbocycles. The summed E-state index contributed by atoms with van der Waals surface area (Å²) >= 11 is 0. The molecular formula is C23H27N. The Morgan fingerprint density at radius 1 is 1.08 bits per heavy atom. The summed E-state index contributed by atoms with van der Waals surface area (Å²) in [6.07, 6.45) is 9.38. The largest absolute Gasteiger partial charge is 0.330 e. The predicted octanol–water partition coefficient (Wildman–Crippen LogP) is 4.80. The first-order valence-corrected chi connectivity index (χ1v) is 9.17. The Hall–Kier alpha value is -1.86. The summed E-state index contributed by atoms with van der Waals surface area (Å²) < 4.78 is 0. The third-order valence-corrected chi connectivity index (χ3v) is 6.02. The number of hydrogen-bond donors (Lipinski definition) is 1. The molecule has 1 nitrogen and oxygen atoms in total. The van der Waals surface area contributed by atoms with Gasteiger partial charge in [-0.15, -0.1) is 0 Å². The lowest BCUT2D eigenvalue weighted by Gasteiger charge is -2.33. The van der Waals surface area contributed by atoms with Gasteiger partial charge in [-0.25, -0.2) is 0 Å². The SMILES string of the molecule is Cc1ccc(C2CCc3c(ccc4c3C=CC(C)(CN)C4)C2)cc1. The van der Waals surface area contributed by atoms with Crippen molar-refractivity contribution in [2.45, 2.75) is 45.4 Å². The Bertz CT molecular complexity index is 784. The summed E-state index contributed by atoms with van der Waals surface area (Å²) in [5, 5.41) is 0. The van der Waals surface area contributed by atoms with Crippen molar-refractivity contribution >= 4 is 6.08 Å². The van der Waals surface area contributed by atoms with Gasteiger partial charge in [0.15, 0.2) is 0 Å². The van der Waals surface area contributed by atoms with Gasteiger partial charge in [-0.3, -0.25) is 0 Å². The first-order valence-electron chi connectivity index (χ1n) is 9.17. The molecule has 0 bridgehead atoms. The van der Waals surface area contributed by atoms with Crippen LogP contribution in [0.2, 0.25) is 0 Å². The van der Waals surface area contributed by atoms with Gasteiger partial charge in [-0.2, -0.15) is 0 Å². The molecule has 0 aromatic heterocycles. The standard InChI is InChI=1S/C23H27N/c1-16-3-5-17(6-4-16)18-9-10-21-19(13-18)7-8-20-14-23(2,15-24)12-11-22(20)21/h3-8,11-12,18H,9-10,13-15,24H2,1-2H3. The van der Waals surface area contributed by atoms with E-state index in [1.54, 1.807) is 11.1 Å². The second kappa shape index (κ2) is 5.89. The highest BCUT2D eigenvalue weighted by Gasteiger charge is 2.28. The molecule has 0 amide bonds. The van der Waals surface area contributed by atoms with Crippen molar-refractivity contribution in [1.82, 2.24) is 0 Å². The minimum atomic E-state index is 0.125. The van der Waals surface area contributed by atoms with Crippen molar-refractivity contribution in [3.63, 3.8) is 0 Å². The average molecular weight is 317 g/mol. The van der Waals surface area contributed by atoms with Crippen LogP contribution in [-0.4, -0.2) is 6.54 Å². The number of aryl methyl sites for hydroxylation is 1. The highest BCUT2D eigenvalue weighted by molar-refractivity contribution is 5.64. The normalized spacial score (nSPS) is 25.2. The van der Waals surface area contributed by atoms with Crippen LogP contribution in [0.15, 0.2) is 42.5 Å². The van der Waals surface area contributed by atoms with Gasteiger partial charge in [0, 0.05) is 12.0 Å². The van der Waals surface area contributed by atoms with Crippen LogP contribution < -0.4 is 5.73 Å². The first-order chi connectivity index (χ1) is 11.6. The molecule has 2 aromatic rings. The van der Waals surface area contributed by atoms with Crippen molar-refractivity contribution in [3.8, 4) is 0 Å². The Labute approximate surface area is 145 Å². The zero-order valence-electron chi connectivity index (χ0n) is 14.8. The molecule has 24 heavy (non-hydrogen) atoms. The van der Waals surface area contributed by atoms with Crippen molar-refractivity contribution in [1.29, 1.82) is 0 Å². The molecule has 2 N–H and O–H groups in total. The fraction of sp³-hybridized carbons (Fsp3) is 0.391. The lowest BCUT2D eigenvalue weighted by Crippen LogP contribution is -2.30. The molecule has 0 aliphatic heterocycles. The van der Waals surface area contributed by atoms with Crippen LogP contribution in [-0.2, 0) is 19.3 Å². The van der Waals surface area contributed by atoms with Crippen LogP contribution in [0.1, 0.15) is 52.6 Å². The van der Waals surface area contributed by atoms with Crippen LogP contribution in [0.25, 0.3) is 6.08 Å². The summed E-state index contributed by atoms with van der Waals surface area (Å²) in [7, 11) is 0. The lowest BCUT2D eigenvalue weighted by molar-refractivity contribution is 0.434. The summed E-state index contributed by atoms with van der Waals surface area (Å²) in [5.41, 5.74) is 15.0. The summed E-state index contributed by atoms with van der Waals surface area (Å²) in [4.78, 5) is 0. The van der Waals surface area contributed by atoms with Crippen LogP contribution in [0.4, 0.5) is 0 Å². The maximum Gasteiger partial charge on any atom is 0.00200 e.